The molecule has 1 unspecified atom stereocenters. The average molecular weight is 269 g/mol. The van der Waals surface area contributed by atoms with Crippen LogP contribution in [0.3, 0.4) is 0 Å². The second-order valence-electron chi connectivity index (χ2n) is 4.53. The molecule has 0 saturated heterocycles. The minimum absolute atomic E-state index is 0.183. The Kier molecular flexibility index (Phi) is 3.89. The molecule has 4 heteroatoms. The Bertz CT molecular complexity index is 418. The largest absolute Gasteiger partial charge is 0.360 e. The summed E-state index contributed by atoms with van der Waals surface area (Å²) in [5.41, 5.74) is 1.11. The standard InChI is InChI=1S/C13H17ClN2S/c1-9(11-5-3-4-6-12(11)14)16(2)13(17)15-10-7-8-10/h3-6,9-10H,7-8H2,1-2H3,(H,15,17). The first-order valence-electron chi connectivity index (χ1n) is 5.87. The van der Waals surface area contributed by atoms with Gasteiger partial charge in [0.1, 0.15) is 0 Å². The van der Waals surface area contributed by atoms with E-state index in [1.807, 2.05) is 31.3 Å². The minimum atomic E-state index is 0.183. The zero-order valence-corrected chi connectivity index (χ0v) is 11.7. The van der Waals surface area contributed by atoms with Crippen LogP contribution < -0.4 is 5.32 Å². The van der Waals surface area contributed by atoms with Gasteiger partial charge in [0, 0.05) is 18.1 Å². The van der Waals surface area contributed by atoms with Crippen molar-refractivity contribution < 1.29 is 0 Å². The maximum atomic E-state index is 6.20. The van der Waals surface area contributed by atoms with Gasteiger partial charge in [0.2, 0.25) is 0 Å². The maximum Gasteiger partial charge on any atom is 0.169 e. The maximum absolute atomic E-state index is 6.20. The molecule has 1 N–H and O–H groups in total. The van der Waals surface area contributed by atoms with E-state index in [4.69, 9.17) is 23.8 Å². The summed E-state index contributed by atoms with van der Waals surface area (Å²) in [4.78, 5) is 2.06. The molecule has 1 aromatic carbocycles. The summed E-state index contributed by atoms with van der Waals surface area (Å²) in [6, 6.07) is 8.68. The van der Waals surface area contributed by atoms with Crippen molar-refractivity contribution in [2.75, 3.05) is 7.05 Å². The molecule has 1 aliphatic carbocycles. The molecular weight excluding hydrogens is 252 g/mol. The van der Waals surface area contributed by atoms with Crippen LogP contribution >= 0.6 is 23.8 Å². The lowest BCUT2D eigenvalue weighted by Gasteiger charge is -2.28. The van der Waals surface area contributed by atoms with Crippen molar-refractivity contribution in [2.45, 2.75) is 31.8 Å². The first-order valence-corrected chi connectivity index (χ1v) is 6.66. The van der Waals surface area contributed by atoms with Crippen molar-refractivity contribution in [1.29, 1.82) is 0 Å². The molecule has 0 aliphatic heterocycles. The molecule has 0 radical (unpaired) electrons. The zero-order chi connectivity index (χ0) is 12.4. The number of thiocarbonyl (C=S) groups is 1. The molecule has 0 aromatic heterocycles. The fraction of sp³-hybridized carbons (Fsp3) is 0.462. The van der Waals surface area contributed by atoms with Crippen LogP contribution in [0.25, 0.3) is 0 Å². The SMILES string of the molecule is CC(c1ccccc1Cl)N(C)C(=S)NC1CC1. The Morgan fingerprint density at radius 1 is 1.47 bits per heavy atom. The van der Waals surface area contributed by atoms with Crippen molar-refractivity contribution in [3.05, 3.63) is 34.9 Å². The van der Waals surface area contributed by atoms with Crippen LogP contribution in [-0.4, -0.2) is 23.1 Å². The number of hydrogen-bond donors (Lipinski definition) is 1. The van der Waals surface area contributed by atoms with E-state index in [1.165, 1.54) is 12.8 Å². The van der Waals surface area contributed by atoms with Gasteiger partial charge in [-0.1, -0.05) is 29.8 Å². The van der Waals surface area contributed by atoms with Crippen LogP contribution in [0, 0.1) is 0 Å². The van der Waals surface area contributed by atoms with Crippen LogP contribution in [0.15, 0.2) is 24.3 Å². The fourth-order valence-corrected chi connectivity index (χ4v) is 2.32. The summed E-state index contributed by atoms with van der Waals surface area (Å²) in [6.45, 7) is 2.11. The second-order valence-corrected chi connectivity index (χ2v) is 5.33. The van der Waals surface area contributed by atoms with Gasteiger partial charge in [0.15, 0.2) is 5.11 Å². The highest BCUT2D eigenvalue weighted by Crippen LogP contribution is 2.27. The van der Waals surface area contributed by atoms with Gasteiger partial charge in [-0.05, 0) is 43.6 Å². The molecule has 0 amide bonds. The first-order chi connectivity index (χ1) is 8.09. The summed E-state index contributed by atoms with van der Waals surface area (Å²) in [6.07, 6.45) is 2.46. The van der Waals surface area contributed by atoms with E-state index in [2.05, 4.69) is 17.1 Å². The predicted octanol–water partition coefficient (Wildman–Crippen LogP) is 3.37. The number of rotatable bonds is 3. The smallest absolute Gasteiger partial charge is 0.169 e. The molecule has 1 fully saturated rings. The number of halogens is 1. The van der Waals surface area contributed by atoms with Crippen molar-refractivity contribution in [2.24, 2.45) is 0 Å². The van der Waals surface area contributed by atoms with Crippen molar-refractivity contribution in [1.82, 2.24) is 10.2 Å². The van der Waals surface area contributed by atoms with Crippen LogP contribution in [0.1, 0.15) is 31.4 Å². The molecule has 1 aromatic rings. The highest BCUT2D eigenvalue weighted by atomic mass is 35.5. The molecule has 0 bridgehead atoms. The molecular formula is C13H17ClN2S. The quantitative estimate of drug-likeness (QED) is 0.847. The van der Waals surface area contributed by atoms with Crippen molar-refractivity contribution in [3.8, 4) is 0 Å². The van der Waals surface area contributed by atoms with Gasteiger partial charge in [-0.15, -0.1) is 0 Å². The van der Waals surface area contributed by atoms with E-state index >= 15 is 0 Å². The lowest BCUT2D eigenvalue weighted by molar-refractivity contribution is 0.395. The summed E-state index contributed by atoms with van der Waals surface area (Å²) < 4.78 is 0. The van der Waals surface area contributed by atoms with Gasteiger partial charge < -0.3 is 10.2 Å². The molecule has 1 saturated carbocycles. The topological polar surface area (TPSA) is 15.3 Å². The van der Waals surface area contributed by atoms with E-state index in [9.17, 15) is 0 Å². The molecule has 2 nitrogen and oxygen atoms in total. The van der Waals surface area contributed by atoms with Crippen LogP contribution in [0.4, 0.5) is 0 Å². The number of benzene rings is 1. The summed E-state index contributed by atoms with van der Waals surface area (Å²) in [5.74, 6) is 0. The summed E-state index contributed by atoms with van der Waals surface area (Å²) >= 11 is 11.6. The minimum Gasteiger partial charge on any atom is -0.360 e. The summed E-state index contributed by atoms with van der Waals surface area (Å²) in [5, 5.41) is 4.94. The molecule has 0 spiro atoms. The van der Waals surface area contributed by atoms with Crippen LogP contribution in [-0.2, 0) is 0 Å². The Morgan fingerprint density at radius 3 is 2.71 bits per heavy atom. The van der Waals surface area contributed by atoms with Crippen molar-refractivity contribution in [3.63, 3.8) is 0 Å². The highest BCUT2D eigenvalue weighted by Gasteiger charge is 2.24. The van der Waals surface area contributed by atoms with Crippen LogP contribution in [0.5, 0.6) is 0 Å². The van der Waals surface area contributed by atoms with E-state index in [-0.39, 0.29) is 6.04 Å². The lowest BCUT2D eigenvalue weighted by atomic mass is 10.1. The molecule has 1 atom stereocenters. The van der Waals surface area contributed by atoms with Gasteiger partial charge >= 0.3 is 0 Å². The van der Waals surface area contributed by atoms with E-state index in [1.54, 1.807) is 0 Å². The Hall–Kier alpha value is -0.800. The predicted molar refractivity (Wildman–Crippen MR) is 76.4 cm³/mol. The number of hydrogen-bond acceptors (Lipinski definition) is 1. The van der Waals surface area contributed by atoms with Gasteiger partial charge in [-0.25, -0.2) is 0 Å². The van der Waals surface area contributed by atoms with Crippen LogP contribution in [0.2, 0.25) is 5.02 Å². The number of nitrogens with one attached hydrogen (secondary N) is 1. The third-order valence-corrected chi connectivity index (χ3v) is 3.91. The van der Waals surface area contributed by atoms with Crippen molar-refractivity contribution >= 4 is 28.9 Å². The van der Waals surface area contributed by atoms with Gasteiger partial charge in [0.05, 0.1) is 6.04 Å². The first kappa shape index (κ1) is 12.7. The Morgan fingerprint density at radius 2 is 2.12 bits per heavy atom. The zero-order valence-electron chi connectivity index (χ0n) is 10.1. The Labute approximate surface area is 113 Å². The average Bonchev–Trinajstić information content (AvgIpc) is 3.11. The van der Waals surface area contributed by atoms with Gasteiger partial charge in [-0.3, -0.25) is 0 Å². The highest BCUT2D eigenvalue weighted by molar-refractivity contribution is 7.80. The molecule has 2 rings (SSSR count). The lowest BCUT2D eigenvalue weighted by Crippen LogP contribution is -2.39. The number of nitrogens with zero attached hydrogens (tertiary/aromatic N) is 1. The molecule has 92 valence electrons. The third-order valence-electron chi connectivity index (χ3n) is 3.16. The van der Waals surface area contributed by atoms with Gasteiger partial charge in [-0.2, -0.15) is 0 Å². The fourth-order valence-electron chi connectivity index (χ4n) is 1.70. The monoisotopic (exact) mass is 268 g/mol. The molecule has 17 heavy (non-hydrogen) atoms. The van der Waals surface area contributed by atoms with E-state index in [0.717, 1.165) is 15.7 Å². The molecule has 1 aliphatic rings. The normalized spacial score (nSPS) is 16.4. The summed E-state index contributed by atoms with van der Waals surface area (Å²) in [7, 11) is 2.01. The Balaban J connectivity index is 2.05. The van der Waals surface area contributed by atoms with E-state index < -0.39 is 0 Å². The second kappa shape index (κ2) is 5.23. The van der Waals surface area contributed by atoms with Gasteiger partial charge in [0.25, 0.3) is 0 Å². The van der Waals surface area contributed by atoms with E-state index in [0.29, 0.717) is 6.04 Å². The third kappa shape index (κ3) is 3.11. The molecule has 0 heterocycles.